The van der Waals surface area contributed by atoms with Crippen LogP contribution < -0.4 is 10.1 Å². The number of nitro benzene ring substituents is 1. The molecule has 2 aromatic rings. The van der Waals surface area contributed by atoms with Crippen molar-refractivity contribution < 1.29 is 24.4 Å². The van der Waals surface area contributed by atoms with Gasteiger partial charge in [0.1, 0.15) is 11.5 Å². The summed E-state index contributed by atoms with van der Waals surface area (Å²) in [5.74, 6) is -0.712. The molecule has 8 heteroatoms. The van der Waals surface area contributed by atoms with Gasteiger partial charge >= 0.3 is 0 Å². The quantitative estimate of drug-likeness (QED) is 0.339. The molecule has 2 N–H and O–H groups in total. The monoisotopic (exact) mass is 358 g/mol. The van der Waals surface area contributed by atoms with E-state index in [2.05, 4.69) is 5.32 Å². The standard InChI is InChI=1S/C18H18N2O6/c1-11-3-7-17(26-2)13(9-11)15(21)6-8-18(23)19-14-5-4-12(20(24)25)10-16(14)22/h3-5,7,9-10,22H,6,8H2,1-2H3,(H,19,23). The minimum absolute atomic E-state index is 0.0423. The summed E-state index contributed by atoms with van der Waals surface area (Å²) < 4.78 is 5.16. The number of carbonyl (C=O) groups excluding carboxylic acids is 2. The number of anilines is 1. The van der Waals surface area contributed by atoms with E-state index in [9.17, 15) is 24.8 Å². The third kappa shape index (κ3) is 4.56. The van der Waals surface area contributed by atoms with Crippen molar-refractivity contribution in [2.75, 3.05) is 12.4 Å². The maximum absolute atomic E-state index is 12.3. The van der Waals surface area contributed by atoms with Crippen LogP contribution in [0.5, 0.6) is 11.5 Å². The number of Topliss-reactive ketones (excluding diaryl/α,β-unsaturated/α-hetero) is 1. The molecule has 0 aromatic heterocycles. The van der Waals surface area contributed by atoms with E-state index in [0.717, 1.165) is 17.7 Å². The van der Waals surface area contributed by atoms with Crippen LogP contribution in [0.1, 0.15) is 28.8 Å². The molecule has 2 aromatic carbocycles. The Kier molecular flexibility index (Phi) is 5.90. The molecule has 8 nitrogen and oxygen atoms in total. The fraction of sp³-hybridized carbons (Fsp3) is 0.222. The lowest BCUT2D eigenvalue weighted by Gasteiger charge is -2.09. The number of amides is 1. The zero-order valence-corrected chi connectivity index (χ0v) is 14.3. The molecule has 0 radical (unpaired) electrons. The van der Waals surface area contributed by atoms with E-state index in [1.54, 1.807) is 12.1 Å². The molecule has 0 aliphatic rings. The second kappa shape index (κ2) is 8.11. The molecule has 0 unspecified atom stereocenters. The molecule has 0 aliphatic carbocycles. The number of aryl methyl sites for hydroxylation is 1. The lowest BCUT2D eigenvalue weighted by molar-refractivity contribution is -0.384. The first-order valence-electron chi connectivity index (χ1n) is 7.77. The number of hydrogen-bond acceptors (Lipinski definition) is 6. The molecule has 0 saturated carbocycles. The Morgan fingerprint density at radius 3 is 2.54 bits per heavy atom. The summed E-state index contributed by atoms with van der Waals surface area (Å²) in [4.78, 5) is 34.3. The van der Waals surface area contributed by atoms with Gasteiger partial charge in [0, 0.05) is 18.9 Å². The van der Waals surface area contributed by atoms with Crippen molar-refractivity contribution in [3.63, 3.8) is 0 Å². The number of rotatable bonds is 7. The van der Waals surface area contributed by atoms with Gasteiger partial charge in [-0.15, -0.1) is 0 Å². The highest BCUT2D eigenvalue weighted by Gasteiger charge is 2.16. The average molecular weight is 358 g/mol. The SMILES string of the molecule is COc1ccc(C)cc1C(=O)CCC(=O)Nc1ccc([N+](=O)[O-])cc1O. The van der Waals surface area contributed by atoms with Gasteiger partial charge in [0.25, 0.3) is 5.69 Å². The number of phenols is 1. The van der Waals surface area contributed by atoms with E-state index in [4.69, 9.17) is 4.74 Å². The molecule has 0 aliphatic heterocycles. The molecular weight excluding hydrogens is 340 g/mol. The summed E-state index contributed by atoms with van der Waals surface area (Å²) in [5.41, 5.74) is 1.05. The topological polar surface area (TPSA) is 119 Å². The highest BCUT2D eigenvalue weighted by atomic mass is 16.6. The van der Waals surface area contributed by atoms with Gasteiger partial charge in [-0.25, -0.2) is 0 Å². The molecule has 0 fully saturated rings. The van der Waals surface area contributed by atoms with E-state index in [-0.39, 0.29) is 30.0 Å². The summed E-state index contributed by atoms with van der Waals surface area (Å²) in [5, 5.41) is 22.8. The predicted molar refractivity (Wildman–Crippen MR) is 94.7 cm³/mol. The summed E-state index contributed by atoms with van der Waals surface area (Å²) in [7, 11) is 1.46. The minimum atomic E-state index is -0.654. The number of hydrogen-bond donors (Lipinski definition) is 2. The van der Waals surface area contributed by atoms with Gasteiger partial charge in [0.15, 0.2) is 5.78 Å². The van der Waals surface area contributed by atoms with Crippen molar-refractivity contribution in [2.45, 2.75) is 19.8 Å². The predicted octanol–water partition coefficient (Wildman–Crippen LogP) is 3.22. The molecule has 0 spiro atoms. The fourth-order valence-corrected chi connectivity index (χ4v) is 2.35. The van der Waals surface area contributed by atoms with Gasteiger partial charge in [-0.1, -0.05) is 11.6 Å². The number of ether oxygens (including phenoxy) is 1. The Hall–Kier alpha value is -3.42. The number of aromatic hydroxyl groups is 1. The zero-order valence-electron chi connectivity index (χ0n) is 14.3. The normalized spacial score (nSPS) is 10.2. The third-order valence-corrected chi connectivity index (χ3v) is 3.70. The van der Waals surface area contributed by atoms with E-state index < -0.39 is 16.6 Å². The number of carbonyl (C=O) groups is 2. The molecule has 0 bridgehead atoms. The van der Waals surface area contributed by atoms with Crippen LogP contribution in [0.4, 0.5) is 11.4 Å². The van der Waals surface area contributed by atoms with Crippen molar-refractivity contribution in [3.05, 3.63) is 57.6 Å². The lowest BCUT2D eigenvalue weighted by Crippen LogP contribution is -2.14. The summed E-state index contributed by atoms with van der Waals surface area (Å²) in [6.07, 6.45) is -0.147. The van der Waals surface area contributed by atoms with Crippen molar-refractivity contribution in [1.82, 2.24) is 0 Å². The first-order valence-corrected chi connectivity index (χ1v) is 7.77. The molecular formula is C18H18N2O6. The highest BCUT2D eigenvalue weighted by molar-refractivity contribution is 6.02. The van der Waals surface area contributed by atoms with Crippen LogP contribution in [0.25, 0.3) is 0 Å². The van der Waals surface area contributed by atoms with E-state index >= 15 is 0 Å². The van der Waals surface area contributed by atoms with Crippen LogP contribution in [0.15, 0.2) is 36.4 Å². The fourth-order valence-electron chi connectivity index (χ4n) is 2.35. The van der Waals surface area contributed by atoms with Gasteiger partial charge in [0.05, 0.1) is 29.4 Å². The molecule has 0 saturated heterocycles. The second-order valence-electron chi connectivity index (χ2n) is 5.63. The summed E-state index contributed by atoms with van der Waals surface area (Å²) in [6.45, 7) is 1.85. The number of nitro groups is 1. The van der Waals surface area contributed by atoms with Crippen LogP contribution >= 0.6 is 0 Å². The van der Waals surface area contributed by atoms with E-state index in [0.29, 0.717) is 11.3 Å². The lowest BCUT2D eigenvalue weighted by atomic mass is 10.0. The van der Waals surface area contributed by atoms with Crippen molar-refractivity contribution in [2.24, 2.45) is 0 Å². The summed E-state index contributed by atoms with van der Waals surface area (Å²) in [6, 6.07) is 8.55. The minimum Gasteiger partial charge on any atom is -0.506 e. The molecule has 0 heterocycles. The van der Waals surface area contributed by atoms with Gasteiger partial charge in [-0.2, -0.15) is 0 Å². The van der Waals surface area contributed by atoms with Crippen LogP contribution in [-0.2, 0) is 4.79 Å². The van der Waals surface area contributed by atoms with Gasteiger partial charge in [-0.3, -0.25) is 19.7 Å². The smallest absolute Gasteiger partial charge is 0.273 e. The van der Waals surface area contributed by atoms with Gasteiger partial charge < -0.3 is 15.2 Å². The van der Waals surface area contributed by atoms with Crippen LogP contribution in [-0.4, -0.2) is 28.8 Å². The van der Waals surface area contributed by atoms with Crippen LogP contribution in [0.3, 0.4) is 0 Å². The number of methoxy groups -OCH3 is 1. The molecule has 0 atom stereocenters. The summed E-state index contributed by atoms with van der Waals surface area (Å²) >= 11 is 0. The first kappa shape index (κ1) is 18.9. The maximum atomic E-state index is 12.3. The Morgan fingerprint density at radius 1 is 1.19 bits per heavy atom. The number of non-ortho nitro benzene ring substituents is 1. The van der Waals surface area contributed by atoms with Crippen molar-refractivity contribution in [1.29, 1.82) is 0 Å². The largest absolute Gasteiger partial charge is 0.506 e. The Labute approximate surface area is 149 Å². The highest BCUT2D eigenvalue weighted by Crippen LogP contribution is 2.28. The number of nitrogens with zero attached hydrogens (tertiary/aromatic N) is 1. The number of phenolic OH excluding ortho intramolecular Hbond substituents is 1. The first-order chi connectivity index (χ1) is 12.3. The Bertz CT molecular complexity index is 863. The molecule has 2 rings (SSSR count). The second-order valence-corrected chi connectivity index (χ2v) is 5.63. The van der Waals surface area contributed by atoms with Crippen molar-refractivity contribution >= 4 is 23.1 Å². The van der Waals surface area contributed by atoms with E-state index in [1.165, 1.54) is 13.2 Å². The van der Waals surface area contributed by atoms with Crippen LogP contribution in [0, 0.1) is 17.0 Å². The molecule has 26 heavy (non-hydrogen) atoms. The van der Waals surface area contributed by atoms with Crippen molar-refractivity contribution in [3.8, 4) is 11.5 Å². The zero-order chi connectivity index (χ0) is 19.3. The van der Waals surface area contributed by atoms with Gasteiger partial charge in [0.2, 0.25) is 5.91 Å². The number of nitrogens with one attached hydrogen (secondary N) is 1. The Balaban J connectivity index is 2.00. The maximum Gasteiger partial charge on any atom is 0.273 e. The van der Waals surface area contributed by atoms with Gasteiger partial charge in [-0.05, 0) is 25.1 Å². The molecule has 1 amide bonds. The Morgan fingerprint density at radius 2 is 1.92 bits per heavy atom. The average Bonchev–Trinajstić information content (AvgIpc) is 2.61. The molecule has 136 valence electrons. The van der Waals surface area contributed by atoms with E-state index in [1.807, 2.05) is 13.0 Å². The number of ketones is 1. The number of benzene rings is 2. The van der Waals surface area contributed by atoms with Crippen LogP contribution in [0.2, 0.25) is 0 Å². The third-order valence-electron chi connectivity index (χ3n) is 3.70.